The van der Waals surface area contributed by atoms with Crippen LogP contribution in [0, 0.1) is 11.3 Å². The maximum atomic E-state index is 15.5. The van der Waals surface area contributed by atoms with Crippen molar-refractivity contribution in [1.82, 2.24) is 14.9 Å². The molecule has 3 heterocycles. The zero-order chi connectivity index (χ0) is 29.5. The number of anilines is 1. The Morgan fingerprint density at radius 1 is 1.12 bits per heavy atom. The van der Waals surface area contributed by atoms with E-state index in [1.54, 1.807) is 4.90 Å². The molecule has 4 aliphatic rings. The van der Waals surface area contributed by atoms with E-state index in [1.807, 2.05) is 25.7 Å². The van der Waals surface area contributed by atoms with Crippen molar-refractivity contribution in [2.75, 3.05) is 44.3 Å². The Balaban J connectivity index is 1.39. The van der Waals surface area contributed by atoms with Crippen molar-refractivity contribution in [3.05, 3.63) is 18.0 Å². The number of aliphatic hydroxyl groups excluding tert-OH is 1. The predicted octanol–water partition coefficient (Wildman–Crippen LogP) is 3.81. The molecule has 1 aromatic rings. The van der Waals surface area contributed by atoms with Crippen LogP contribution in [0.2, 0.25) is 0 Å². The molecule has 4 fully saturated rings. The first-order chi connectivity index (χ1) is 19.4. The van der Waals surface area contributed by atoms with Crippen LogP contribution in [-0.4, -0.2) is 99.8 Å². The van der Waals surface area contributed by atoms with Gasteiger partial charge in [0.05, 0.1) is 30.4 Å². The molecular formula is C28H41F2N5O6. The predicted molar refractivity (Wildman–Crippen MR) is 144 cm³/mol. The maximum Gasteiger partial charge on any atom is 0.410 e. The molecule has 2 aliphatic heterocycles. The van der Waals surface area contributed by atoms with E-state index in [-0.39, 0.29) is 30.7 Å². The number of carbonyl (C=O) groups excluding carboxylic acids is 1. The first-order valence-electron chi connectivity index (χ1n) is 14.5. The number of hydrogen-bond donors (Lipinski definition) is 2. The largest absolute Gasteiger partial charge is 0.444 e. The molecule has 41 heavy (non-hydrogen) atoms. The van der Waals surface area contributed by atoms with Crippen LogP contribution in [-0.2, 0) is 14.2 Å². The van der Waals surface area contributed by atoms with Gasteiger partial charge in [0.15, 0.2) is 5.79 Å². The van der Waals surface area contributed by atoms with E-state index in [4.69, 9.17) is 14.2 Å². The van der Waals surface area contributed by atoms with Crippen LogP contribution in [0.15, 0.2) is 17.4 Å². The third-order valence-corrected chi connectivity index (χ3v) is 8.73. The van der Waals surface area contributed by atoms with Gasteiger partial charge in [-0.3, -0.25) is 0 Å². The molecule has 3 atom stereocenters. The number of amides is 1. The fraction of sp³-hybridized carbons (Fsp3) is 0.786. The molecule has 11 nitrogen and oxygen atoms in total. The van der Waals surface area contributed by atoms with Crippen LogP contribution in [0.5, 0.6) is 0 Å². The molecule has 228 valence electrons. The number of aromatic nitrogens is 2. The monoisotopic (exact) mass is 581 g/mol. The van der Waals surface area contributed by atoms with Crippen molar-refractivity contribution in [2.45, 2.75) is 89.1 Å². The van der Waals surface area contributed by atoms with Crippen LogP contribution < -0.4 is 4.90 Å². The second-order valence-electron chi connectivity index (χ2n) is 12.6. The van der Waals surface area contributed by atoms with Crippen molar-refractivity contribution >= 4 is 17.8 Å². The normalized spacial score (nSPS) is 30.4. The highest BCUT2D eigenvalue weighted by molar-refractivity contribution is 6.01. The number of hydrogen-bond acceptors (Lipinski definition) is 10. The minimum atomic E-state index is -3.15. The van der Waals surface area contributed by atoms with Crippen LogP contribution in [0.3, 0.4) is 0 Å². The van der Waals surface area contributed by atoms with E-state index in [0.29, 0.717) is 57.8 Å². The lowest BCUT2D eigenvalue weighted by molar-refractivity contribution is -0.316. The number of carbonyl (C=O) groups is 1. The molecular weight excluding hydrogens is 540 g/mol. The number of fused-ring (bicyclic) bond motifs is 1. The lowest BCUT2D eigenvalue weighted by Crippen LogP contribution is -2.65. The Hall–Kier alpha value is -2.64. The first kappa shape index (κ1) is 29.8. The number of nitrogens with zero attached hydrogens (tertiary/aromatic N) is 5. The van der Waals surface area contributed by atoms with Gasteiger partial charge >= 0.3 is 6.09 Å². The molecule has 2 saturated carbocycles. The second kappa shape index (κ2) is 11.2. The zero-order valence-electron chi connectivity index (χ0n) is 24.0. The van der Waals surface area contributed by atoms with Gasteiger partial charge in [-0.2, -0.15) is 0 Å². The van der Waals surface area contributed by atoms with Gasteiger partial charge in [-0.1, -0.05) is 11.6 Å². The van der Waals surface area contributed by atoms with Crippen molar-refractivity contribution in [1.29, 1.82) is 0 Å². The SMILES string of the molecule is CC(C)(C)OC(=O)N1CCCN(c2nccc(/C(=N\O)C3CC(F)(F)CC4(CCCCC45OCCO5)C3O)n2)CC1. The average molecular weight is 582 g/mol. The van der Waals surface area contributed by atoms with E-state index in [0.717, 1.165) is 6.42 Å². The summed E-state index contributed by atoms with van der Waals surface area (Å²) in [6, 6.07) is 1.49. The van der Waals surface area contributed by atoms with Gasteiger partial charge in [0.2, 0.25) is 11.9 Å². The van der Waals surface area contributed by atoms with Crippen LogP contribution >= 0.6 is 0 Å². The maximum absolute atomic E-state index is 15.5. The van der Waals surface area contributed by atoms with E-state index >= 15 is 8.78 Å². The van der Waals surface area contributed by atoms with Crippen molar-refractivity contribution in [2.24, 2.45) is 16.5 Å². The van der Waals surface area contributed by atoms with Gasteiger partial charge in [-0.05, 0) is 46.1 Å². The van der Waals surface area contributed by atoms with Crippen LogP contribution in [0.4, 0.5) is 19.5 Å². The number of aliphatic hydroxyl groups is 1. The molecule has 2 saturated heterocycles. The molecule has 3 unspecified atom stereocenters. The molecule has 5 rings (SSSR count). The lowest BCUT2D eigenvalue weighted by Gasteiger charge is -2.57. The quantitative estimate of drug-likeness (QED) is 0.311. The van der Waals surface area contributed by atoms with Gasteiger partial charge in [-0.25, -0.2) is 23.5 Å². The molecule has 13 heteroatoms. The fourth-order valence-electron chi connectivity index (χ4n) is 7.01. The summed E-state index contributed by atoms with van der Waals surface area (Å²) < 4.78 is 48.4. The Labute approximate surface area is 238 Å². The third-order valence-electron chi connectivity index (χ3n) is 8.73. The summed E-state index contributed by atoms with van der Waals surface area (Å²) in [6.07, 6.45) is 1.33. The van der Waals surface area contributed by atoms with Crippen LogP contribution in [0.25, 0.3) is 0 Å². The van der Waals surface area contributed by atoms with Crippen molar-refractivity contribution < 1.29 is 38.1 Å². The van der Waals surface area contributed by atoms with Gasteiger partial charge in [0.25, 0.3) is 0 Å². The highest BCUT2D eigenvalue weighted by Crippen LogP contribution is 2.61. The standard InChI is InChI=1S/C28H41F2N5O6/c1-25(2,3)41-24(37)35-12-6-11-34(13-14-35)23-31-10-7-20(32-23)21(33-38)19-17-27(29,30)18-26(22(19)36)8-4-5-9-28(26)39-15-16-40-28/h7,10,19,22,36,38H,4-6,8-9,11-18H2,1-3H3/b33-21-. The number of halogens is 2. The fourth-order valence-corrected chi connectivity index (χ4v) is 7.01. The molecule has 0 bridgehead atoms. The number of oxime groups is 1. The smallest absolute Gasteiger partial charge is 0.410 e. The van der Waals surface area contributed by atoms with Crippen molar-refractivity contribution in [3.63, 3.8) is 0 Å². The molecule has 0 radical (unpaired) electrons. The molecule has 2 aliphatic carbocycles. The van der Waals surface area contributed by atoms with Crippen molar-refractivity contribution in [3.8, 4) is 0 Å². The topological polar surface area (TPSA) is 130 Å². The number of ether oxygens (including phenoxy) is 3. The average Bonchev–Trinajstić information content (AvgIpc) is 3.24. The Morgan fingerprint density at radius 2 is 1.85 bits per heavy atom. The highest BCUT2D eigenvalue weighted by Gasteiger charge is 2.68. The first-order valence-corrected chi connectivity index (χ1v) is 14.5. The van der Waals surface area contributed by atoms with E-state index < -0.39 is 47.6 Å². The lowest BCUT2D eigenvalue weighted by atomic mass is 9.55. The number of alkyl halides is 2. The molecule has 0 aromatic carbocycles. The Kier molecular flexibility index (Phi) is 8.16. The van der Waals surface area contributed by atoms with Crippen LogP contribution in [0.1, 0.15) is 71.4 Å². The number of rotatable bonds is 3. The minimum absolute atomic E-state index is 0.121. The summed E-state index contributed by atoms with van der Waals surface area (Å²) in [5, 5.41) is 25.4. The molecule has 2 N–H and O–H groups in total. The Bertz CT molecular complexity index is 1140. The van der Waals surface area contributed by atoms with Gasteiger partial charge in [0.1, 0.15) is 11.3 Å². The summed E-state index contributed by atoms with van der Waals surface area (Å²) in [4.78, 5) is 25.1. The second-order valence-corrected chi connectivity index (χ2v) is 12.6. The summed E-state index contributed by atoms with van der Waals surface area (Å²) in [5.74, 6) is -5.33. The highest BCUT2D eigenvalue weighted by atomic mass is 19.3. The minimum Gasteiger partial charge on any atom is -0.444 e. The van der Waals surface area contributed by atoms with Gasteiger partial charge in [0, 0.05) is 57.6 Å². The summed E-state index contributed by atoms with van der Waals surface area (Å²) in [6.45, 7) is 7.89. The summed E-state index contributed by atoms with van der Waals surface area (Å²) in [7, 11) is 0. The van der Waals surface area contributed by atoms with E-state index in [2.05, 4.69) is 15.1 Å². The zero-order valence-corrected chi connectivity index (χ0v) is 24.0. The van der Waals surface area contributed by atoms with Gasteiger partial charge in [-0.15, -0.1) is 0 Å². The summed E-state index contributed by atoms with van der Waals surface area (Å²) in [5.41, 5.74) is -1.92. The van der Waals surface area contributed by atoms with E-state index in [9.17, 15) is 15.1 Å². The summed E-state index contributed by atoms with van der Waals surface area (Å²) >= 11 is 0. The van der Waals surface area contributed by atoms with Gasteiger partial charge < -0.3 is 34.3 Å². The molecule has 2 spiro atoms. The molecule has 1 aromatic heterocycles. The Morgan fingerprint density at radius 3 is 2.56 bits per heavy atom. The molecule has 1 amide bonds. The third kappa shape index (κ3) is 5.85. The van der Waals surface area contributed by atoms with E-state index in [1.165, 1.54) is 12.3 Å².